The molecule has 2 aliphatic heterocycles. The summed E-state index contributed by atoms with van der Waals surface area (Å²) in [7, 11) is 0. The average Bonchev–Trinajstić information content (AvgIpc) is 2.88. The molecule has 0 saturated carbocycles. The first kappa shape index (κ1) is 19.0. The summed E-state index contributed by atoms with van der Waals surface area (Å²) < 4.78 is 0. The van der Waals surface area contributed by atoms with Crippen molar-refractivity contribution in [1.82, 2.24) is 10.6 Å². The fourth-order valence-corrected chi connectivity index (χ4v) is 3.56. The molecule has 0 radical (unpaired) electrons. The van der Waals surface area contributed by atoms with Gasteiger partial charge in [0, 0.05) is 29.2 Å². The number of hydrogen-bond donors (Lipinski definition) is 2. The summed E-state index contributed by atoms with van der Waals surface area (Å²) in [5, 5.41) is 6.88. The largest absolute Gasteiger partial charge is 0.344 e. The number of nitrogens with zero attached hydrogens (tertiary/aromatic N) is 1. The predicted molar refractivity (Wildman–Crippen MR) is 97.8 cm³/mol. The third kappa shape index (κ3) is 4.21. The van der Waals surface area contributed by atoms with Gasteiger partial charge in [-0.25, -0.2) is 0 Å². The van der Waals surface area contributed by atoms with Crippen LogP contribution in [0.1, 0.15) is 26.2 Å². The molecule has 5 nitrogen and oxygen atoms in total. The smallest absolute Gasteiger partial charge is 0.249 e. The van der Waals surface area contributed by atoms with E-state index in [9.17, 15) is 9.59 Å². The molecule has 2 amide bonds. The third-order valence-corrected chi connectivity index (χ3v) is 4.87. The Bertz CT molecular complexity index is 611. The SMILES string of the molecule is C[C@H]1C[C@@H](C(=O)NC2CCN(c3cccc(Cl)c3)C2=O)CCN1.Cl. The van der Waals surface area contributed by atoms with Gasteiger partial charge in [-0.05, 0) is 50.9 Å². The maximum atomic E-state index is 12.6. The molecule has 7 heteroatoms. The fraction of sp³-hybridized carbons (Fsp3) is 0.529. The molecule has 0 spiro atoms. The molecule has 3 rings (SSSR count). The van der Waals surface area contributed by atoms with Crippen LogP contribution in [0, 0.1) is 5.92 Å². The molecule has 0 aromatic heterocycles. The quantitative estimate of drug-likeness (QED) is 0.857. The van der Waals surface area contributed by atoms with Crippen LogP contribution in [-0.4, -0.2) is 37.0 Å². The lowest BCUT2D eigenvalue weighted by Gasteiger charge is -2.28. The van der Waals surface area contributed by atoms with Gasteiger partial charge in [-0.15, -0.1) is 12.4 Å². The van der Waals surface area contributed by atoms with Gasteiger partial charge in [0.2, 0.25) is 11.8 Å². The van der Waals surface area contributed by atoms with Crippen molar-refractivity contribution < 1.29 is 9.59 Å². The summed E-state index contributed by atoms with van der Waals surface area (Å²) in [6.45, 7) is 3.54. The molecule has 24 heavy (non-hydrogen) atoms. The molecule has 1 aromatic carbocycles. The van der Waals surface area contributed by atoms with Crippen molar-refractivity contribution in [2.75, 3.05) is 18.0 Å². The molecular weight excluding hydrogens is 349 g/mol. The van der Waals surface area contributed by atoms with Gasteiger partial charge in [-0.1, -0.05) is 17.7 Å². The van der Waals surface area contributed by atoms with Gasteiger partial charge in [0.15, 0.2) is 0 Å². The molecule has 2 N–H and O–H groups in total. The Hall–Kier alpha value is -1.30. The van der Waals surface area contributed by atoms with Gasteiger partial charge < -0.3 is 15.5 Å². The summed E-state index contributed by atoms with van der Waals surface area (Å²) in [5.41, 5.74) is 0.787. The Morgan fingerprint density at radius 1 is 1.38 bits per heavy atom. The third-order valence-electron chi connectivity index (χ3n) is 4.64. The highest BCUT2D eigenvalue weighted by Gasteiger charge is 2.35. The highest BCUT2D eigenvalue weighted by Crippen LogP contribution is 2.25. The summed E-state index contributed by atoms with van der Waals surface area (Å²) in [6, 6.07) is 7.17. The van der Waals surface area contributed by atoms with E-state index in [-0.39, 0.29) is 30.1 Å². The first-order valence-electron chi connectivity index (χ1n) is 8.15. The van der Waals surface area contributed by atoms with Crippen LogP contribution in [0.3, 0.4) is 0 Å². The minimum atomic E-state index is -0.424. The molecule has 132 valence electrons. The molecular formula is C17H23Cl2N3O2. The molecule has 1 aromatic rings. The van der Waals surface area contributed by atoms with Gasteiger partial charge in [0.1, 0.15) is 6.04 Å². The van der Waals surface area contributed by atoms with Crippen LogP contribution in [0.15, 0.2) is 24.3 Å². The average molecular weight is 372 g/mol. The number of hydrogen-bond acceptors (Lipinski definition) is 3. The van der Waals surface area contributed by atoms with Crippen molar-refractivity contribution in [3.05, 3.63) is 29.3 Å². The van der Waals surface area contributed by atoms with Crippen molar-refractivity contribution >= 4 is 41.5 Å². The standard InChI is InChI=1S/C17H22ClN3O2.ClH/c1-11-9-12(5-7-19-11)16(22)20-15-6-8-21(17(15)23)14-4-2-3-13(18)10-14;/h2-4,10-12,15,19H,5-9H2,1H3,(H,20,22);1H/t11-,12-,15?;/m0./s1. The molecule has 2 fully saturated rings. The van der Waals surface area contributed by atoms with E-state index < -0.39 is 6.04 Å². The van der Waals surface area contributed by atoms with E-state index in [0.717, 1.165) is 25.1 Å². The number of anilines is 1. The lowest BCUT2D eigenvalue weighted by molar-refractivity contribution is -0.130. The number of nitrogens with one attached hydrogen (secondary N) is 2. The molecule has 1 unspecified atom stereocenters. The molecule has 3 atom stereocenters. The second-order valence-electron chi connectivity index (χ2n) is 6.40. The highest BCUT2D eigenvalue weighted by atomic mass is 35.5. The minimum absolute atomic E-state index is 0. The van der Waals surface area contributed by atoms with E-state index in [1.807, 2.05) is 12.1 Å². The number of carbonyl (C=O) groups is 2. The van der Waals surface area contributed by atoms with Gasteiger partial charge >= 0.3 is 0 Å². The number of halogens is 2. The van der Waals surface area contributed by atoms with Crippen LogP contribution in [0.5, 0.6) is 0 Å². The first-order valence-corrected chi connectivity index (χ1v) is 8.53. The zero-order valence-corrected chi connectivity index (χ0v) is 15.2. The Balaban J connectivity index is 0.00000208. The van der Waals surface area contributed by atoms with Crippen molar-refractivity contribution in [2.45, 2.75) is 38.3 Å². The summed E-state index contributed by atoms with van der Waals surface area (Å²) in [5.74, 6) is -0.0495. The van der Waals surface area contributed by atoms with Gasteiger partial charge in [-0.3, -0.25) is 9.59 Å². The summed E-state index contributed by atoms with van der Waals surface area (Å²) in [4.78, 5) is 26.7. The fourth-order valence-electron chi connectivity index (χ4n) is 3.37. The zero-order valence-electron chi connectivity index (χ0n) is 13.6. The molecule has 2 saturated heterocycles. The Labute approximate surface area is 153 Å². The predicted octanol–water partition coefficient (Wildman–Crippen LogP) is 2.37. The molecule has 2 heterocycles. The van der Waals surface area contributed by atoms with Crippen LogP contribution in [0.2, 0.25) is 5.02 Å². The van der Waals surface area contributed by atoms with Gasteiger partial charge in [0.05, 0.1) is 0 Å². The van der Waals surface area contributed by atoms with Crippen LogP contribution in [0.25, 0.3) is 0 Å². The number of piperidine rings is 1. The number of rotatable bonds is 3. The van der Waals surface area contributed by atoms with Gasteiger partial charge in [0.25, 0.3) is 0 Å². The molecule has 0 bridgehead atoms. The van der Waals surface area contributed by atoms with Crippen LogP contribution < -0.4 is 15.5 Å². The Morgan fingerprint density at radius 2 is 2.17 bits per heavy atom. The molecule has 2 aliphatic rings. The van der Waals surface area contributed by atoms with Crippen LogP contribution in [-0.2, 0) is 9.59 Å². The van der Waals surface area contributed by atoms with Crippen LogP contribution >= 0.6 is 24.0 Å². The van der Waals surface area contributed by atoms with Crippen molar-refractivity contribution in [3.8, 4) is 0 Å². The van der Waals surface area contributed by atoms with E-state index in [1.165, 1.54) is 0 Å². The summed E-state index contributed by atoms with van der Waals surface area (Å²) >= 11 is 5.99. The van der Waals surface area contributed by atoms with E-state index in [2.05, 4.69) is 17.6 Å². The maximum Gasteiger partial charge on any atom is 0.249 e. The first-order chi connectivity index (χ1) is 11.0. The molecule has 0 aliphatic carbocycles. The summed E-state index contributed by atoms with van der Waals surface area (Å²) in [6.07, 6.45) is 2.29. The monoisotopic (exact) mass is 371 g/mol. The zero-order chi connectivity index (χ0) is 16.4. The number of benzene rings is 1. The van der Waals surface area contributed by atoms with Gasteiger partial charge in [-0.2, -0.15) is 0 Å². The number of amides is 2. The number of carbonyl (C=O) groups excluding carboxylic acids is 2. The van der Waals surface area contributed by atoms with Crippen molar-refractivity contribution in [3.63, 3.8) is 0 Å². The normalized spacial score (nSPS) is 26.8. The second kappa shape index (κ2) is 8.19. The second-order valence-corrected chi connectivity index (χ2v) is 6.83. The minimum Gasteiger partial charge on any atom is -0.344 e. The lowest BCUT2D eigenvalue weighted by atomic mass is 9.92. The lowest BCUT2D eigenvalue weighted by Crippen LogP contribution is -2.47. The topological polar surface area (TPSA) is 61.4 Å². The van der Waals surface area contributed by atoms with E-state index in [1.54, 1.807) is 17.0 Å². The maximum absolute atomic E-state index is 12.6. The van der Waals surface area contributed by atoms with Crippen LogP contribution in [0.4, 0.5) is 5.69 Å². The van der Waals surface area contributed by atoms with E-state index in [0.29, 0.717) is 24.0 Å². The van der Waals surface area contributed by atoms with E-state index >= 15 is 0 Å². The van der Waals surface area contributed by atoms with E-state index in [4.69, 9.17) is 11.6 Å². The van der Waals surface area contributed by atoms with Crippen molar-refractivity contribution in [2.24, 2.45) is 5.92 Å². The van der Waals surface area contributed by atoms with Crippen molar-refractivity contribution in [1.29, 1.82) is 0 Å². The Morgan fingerprint density at radius 3 is 2.88 bits per heavy atom. The highest BCUT2D eigenvalue weighted by molar-refractivity contribution is 6.31. The Kier molecular flexibility index (Phi) is 6.49.